The first-order valence-electron chi connectivity index (χ1n) is 8.00. The van der Waals surface area contributed by atoms with Gasteiger partial charge < -0.3 is 15.4 Å². The molecule has 2 N–H and O–H groups in total. The van der Waals surface area contributed by atoms with E-state index in [-0.39, 0.29) is 6.10 Å². The summed E-state index contributed by atoms with van der Waals surface area (Å²) in [6.45, 7) is 7.39. The number of halogens is 1. The molecular formula is C17H27ClN2O. The summed E-state index contributed by atoms with van der Waals surface area (Å²) in [6.07, 6.45) is 5.22. The van der Waals surface area contributed by atoms with Gasteiger partial charge in [0.05, 0.1) is 11.1 Å². The van der Waals surface area contributed by atoms with Crippen molar-refractivity contribution in [1.29, 1.82) is 0 Å². The zero-order valence-electron chi connectivity index (χ0n) is 13.3. The number of hydrogen-bond acceptors (Lipinski definition) is 3. The van der Waals surface area contributed by atoms with Crippen LogP contribution in [0.3, 0.4) is 0 Å². The largest absolute Gasteiger partial charge is 0.489 e. The van der Waals surface area contributed by atoms with Crippen LogP contribution in [0.25, 0.3) is 0 Å². The van der Waals surface area contributed by atoms with Crippen LogP contribution >= 0.6 is 11.6 Å². The van der Waals surface area contributed by atoms with E-state index in [0.717, 1.165) is 24.4 Å². The Morgan fingerprint density at radius 2 is 2.14 bits per heavy atom. The first kappa shape index (κ1) is 16.4. The summed E-state index contributed by atoms with van der Waals surface area (Å²) in [5.74, 6) is 0.749. The van der Waals surface area contributed by atoms with E-state index in [0.29, 0.717) is 17.1 Å². The van der Waals surface area contributed by atoms with E-state index in [9.17, 15) is 0 Å². The molecular weight excluding hydrogens is 284 g/mol. The number of piperidine rings is 1. The highest BCUT2D eigenvalue weighted by Crippen LogP contribution is 2.29. The summed E-state index contributed by atoms with van der Waals surface area (Å²) in [6, 6.07) is 6.99. The van der Waals surface area contributed by atoms with Gasteiger partial charge in [-0.1, -0.05) is 18.0 Å². The fourth-order valence-electron chi connectivity index (χ4n) is 2.84. The average Bonchev–Trinajstić information content (AvgIpc) is 2.42. The van der Waals surface area contributed by atoms with Gasteiger partial charge in [0.15, 0.2) is 0 Å². The van der Waals surface area contributed by atoms with Gasteiger partial charge in [-0.3, -0.25) is 0 Å². The Labute approximate surface area is 133 Å². The Hall–Kier alpha value is -0.930. The van der Waals surface area contributed by atoms with Crippen LogP contribution in [0.5, 0.6) is 5.75 Å². The number of benzene rings is 1. The van der Waals surface area contributed by atoms with Crippen LogP contribution in [0.4, 0.5) is 5.69 Å². The van der Waals surface area contributed by atoms with Crippen molar-refractivity contribution < 1.29 is 4.74 Å². The zero-order valence-corrected chi connectivity index (χ0v) is 14.0. The van der Waals surface area contributed by atoms with Crippen molar-refractivity contribution in [3.63, 3.8) is 0 Å². The lowest BCUT2D eigenvalue weighted by molar-refractivity contribution is 0.242. The predicted octanol–water partition coefficient (Wildman–Crippen LogP) is 4.46. The molecule has 0 spiro atoms. The van der Waals surface area contributed by atoms with Gasteiger partial charge in [0.25, 0.3) is 0 Å². The van der Waals surface area contributed by atoms with Crippen molar-refractivity contribution in [3.8, 4) is 5.75 Å². The van der Waals surface area contributed by atoms with E-state index in [1.165, 1.54) is 19.3 Å². The summed E-state index contributed by atoms with van der Waals surface area (Å²) >= 11 is 6.27. The van der Waals surface area contributed by atoms with E-state index in [1.807, 2.05) is 32.0 Å². The highest BCUT2D eigenvalue weighted by molar-refractivity contribution is 6.32. The maximum Gasteiger partial charge on any atom is 0.138 e. The maximum atomic E-state index is 6.27. The SMILES string of the molecule is CC(CC1CCCCN1)Nc1ccc(OC(C)C)c(Cl)c1. The summed E-state index contributed by atoms with van der Waals surface area (Å²) in [5.41, 5.74) is 1.06. The van der Waals surface area contributed by atoms with Gasteiger partial charge in [-0.05, 0) is 64.8 Å². The highest BCUT2D eigenvalue weighted by Gasteiger charge is 2.16. The molecule has 1 aliphatic rings. The van der Waals surface area contributed by atoms with Crippen LogP contribution in [0, 0.1) is 0 Å². The summed E-state index contributed by atoms with van der Waals surface area (Å²) in [4.78, 5) is 0. The molecule has 0 amide bonds. The van der Waals surface area contributed by atoms with Crippen molar-refractivity contribution in [2.24, 2.45) is 0 Å². The third kappa shape index (κ3) is 5.40. The molecule has 1 heterocycles. The van der Waals surface area contributed by atoms with Gasteiger partial charge in [-0.15, -0.1) is 0 Å². The van der Waals surface area contributed by atoms with Gasteiger partial charge >= 0.3 is 0 Å². The molecule has 0 aromatic heterocycles. The van der Waals surface area contributed by atoms with E-state index in [4.69, 9.17) is 16.3 Å². The molecule has 21 heavy (non-hydrogen) atoms. The number of hydrogen-bond donors (Lipinski definition) is 2. The maximum absolute atomic E-state index is 6.27. The van der Waals surface area contributed by atoms with Crippen molar-refractivity contribution in [3.05, 3.63) is 23.2 Å². The normalized spacial score (nSPS) is 20.3. The van der Waals surface area contributed by atoms with E-state index < -0.39 is 0 Å². The first-order valence-corrected chi connectivity index (χ1v) is 8.38. The lowest BCUT2D eigenvalue weighted by Crippen LogP contribution is -2.37. The molecule has 0 radical (unpaired) electrons. The Balaban J connectivity index is 1.88. The summed E-state index contributed by atoms with van der Waals surface area (Å²) in [5, 5.41) is 7.79. The molecule has 3 nitrogen and oxygen atoms in total. The molecule has 4 heteroatoms. The predicted molar refractivity (Wildman–Crippen MR) is 90.6 cm³/mol. The lowest BCUT2D eigenvalue weighted by Gasteiger charge is -2.27. The Bertz CT molecular complexity index is 444. The minimum atomic E-state index is 0.137. The van der Waals surface area contributed by atoms with E-state index in [2.05, 4.69) is 17.6 Å². The standard InChI is InChI=1S/C17H27ClN2O/c1-12(2)21-17-8-7-15(11-16(17)18)20-13(3)10-14-6-4-5-9-19-14/h7-8,11-14,19-20H,4-6,9-10H2,1-3H3. The molecule has 1 fully saturated rings. The molecule has 0 saturated carbocycles. The minimum Gasteiger partial charge on any atom is -0.489 e. The third-order valence-electron chi connectivity index (χ3n) is 3.76. The van der Waals surface area contributed by atoms with Gasteiger partial charge in [-0.2, -0.15) is 0 Å². The van der Waals surface area contributed by atoms with Crippen LogP contribution in [0.2, 0.25) is 5.02 Å². The molecule has 0 aliphatic carbocycles. The van der Waals surface area contributed by atoms with Crippen molar-refractivity contribution in [1.82, 2.24) is 5.32 Å². The van der Waals surface area contributed by atoms with Crippen LogP contribution in [-0.2, 0) is 0 Å². The fourth-order valence-corrected chi connectivity index (χ4v) is 3.06. The Morgan fingerprint density at radius 3 is 2.76 bits per heavy atom. The minimum absolute atomic E-state index is 0.137. The second-order valence-corrected chi connectivity index (χ2v) is 6.65. The molecule has 1 saturated heterocycles. The fraction of sp³-hybridized carbons (Fsp3) is 0.647. The van der Waals surface area contributed by atoms with Gasteiger partial charge in [-0.25, -0.2) is 0 Å². The Kier molecular flexibility index (Phi) is 6.19. The monoisotopic (exact) mass is 310 g/mol. The highest BCUT2D eigenvalue weighted by atomic mass is 35.5. The number of nitrogens with one attached hydrogen (secondary N) is 2. The third-order valence-corrected chi connectivity index (χ3v) is 4.05. The zero-order chi connectivity index (χ0) is 15.2. The smallest absolute Gasteiger partial charge is 0.138 e. The Morgan fingerprint density at radius 1 is 1.33 bits per heavy atom. The van der Waals surface area contributed by atoms with Crippen molar-refractivity contribution in [2.75, 3.05) is 11.9 Å². The molecule has 1 aliphatic heterocycles. The van der Waals surface area contributed by atoms with E-state index >= 15 is 0 Å². The number of rotatable bonds is 6. The van der Waals surface area contributed by atoms with E-state index in [1.54, 1.807) is 0 Å². The van der Waals surface area contributed by atoms with Crippen LogP contribution in [0.1, 0.15) is 46.5 Å². The first-order chi connectivity index (χ1) is 10.0. The molecule has 0 bridgehead atoms. The molecule has 2 rings (SSSR count). The molecule has 118 valence electrons. The van der Waals surface area contributed by atoms with Crippen LogP contribution in [0.15, 0.2) is 18.2 Å². The van der Waals surface area contributed by atoms with Gasteiger partial charge in [0, 0.05) is 17.8 Å². The number of anilines is 1. The lowest BCUT2D eigenvalue weighted by atomic mass is 9.99. The van der Waals surface area contributed by atoms with Crippen LogP contribution < -0.4 is 15.4 Å². The average molecular weight is 311 g/mol. The second-order valence-electron chi connectivity index (χ2n) is 6.24. The topological polar surface area (TPSA) is 33.3 Å². The van der Waals surface area contributed by atoms with Crippen molar-refractivity contribution in [2.45, 2.75) is 64.6 Å². The number of ether oxygens (including phenoxy) is 1. The quantitative estimate of drug-likeness (QED) is 0.814. The van der Waals surface area contributed by atoms with Crippen LogP contribution in [-0.4, -0.2) is 24.7 Å². The molecule has 1 aromatic rings. The van der Waals surface area contributed by atoms with Gasteiger partial charge in [0.2, 0.25) is 0 Å². The molecule has 2 atom stereocenters. The molecule has 1 aromatic carbocycles. The summed E-state index contributed by atoms with van der Waals surface area (Å²) in [7, 11) is 0. The molecule has 2 unspecified atom stereocenters. The summed E-state index contributed by atoms with van der Waals surface area (Å²) < 4.78 is 5.66. The van der Waals surface area contributed by atoms with Gasteiger partial charge in [0.1, 0.15) is 5.75 Å². The second kappa shape index (κ2) is 7.90. The van der Waals surface area contributed by atoms with Crippen molar-refractivity contribution >= 4 is 17.3 Å².